The lowest BCUT2D eigenvalue weighted by molar-refractivity contribution is -0.120. The number of hydrogen-bond acceptors (Lipinski definition) is 5. The van der Waals surface area contributed by atoms with Crippen LogP contribution < -0.4 is 14.4 Å². The van der Waals surface area contributed by atoms with Gasteiger partial charge in [0.1, 0.15) is 17.2 Å². The molecule has 1 fully saturated rings. The van der Waals surface area contributed by atoms with E-state index in [9.17, 15) is 9.59 Å². The van der Waals surface area contributed by atoms with Gasteiger partial charge in [-0.2, -0.15) is 0 Å². The molecule has 4 rings (SSSR count). The number of carbonyl (C=O) groups is 2. The van der Waals surface area contributed by atoms with Gasteiger partial charge in [-0.25, -0.2) is 4.90 Å². The molecular formula is C22H21ClN2O4. The predicted octanol–water partition coefficient (Wildman–Crippen LogP) is 3.74. The number of rotatable bonds is 5. The summed E-state index contributed by atoms with van der Waals surface area (Å²) in [5.41, 5.74) is 1.84. The molecule has 0 aromatic heterocycles. The van der Waals surface area contributed by atoms with Crippen LogP contribution in [0.3, 0.4) is 0 Å². The number of amides is 2. The number of ether oxygens (including phenoxy) is 2. The standard InChI is InChI=1S/C22H21ClN2O4/c1-28-16-8-5-14(6-9-16)19-20(24-11-3-4-12-24)22(27)25(21(19)26)17-13-15(23)7-10-18(17)29-2/h5-10,13H,3-4,11-12H2,1-2H3. The summed E-state index contributed by atoms with van der Waals surface area (Å²) in [7, 11) is 3.08. The smallest absolute Gasteiger partial charge is 0.282 e. The number of methoxy groups -OCH3 is 2. The fourth-order valence-electron chi connectivity index (χ4n) is 3.83. The van der Waals surface area contributed by atoms with Crippen LogP contribution in [0.25, 0.3) is 5.57 Å². The first kappa shape index (κ1) is 19.3. The first-order valence-electron chi connectivity index (χ1n) is 9.41. The van der Waals surface area contributed by atoms with Crippen LogP contribution in [-0.2, 0) is 9.59 Å². The number of benzene rings is 2. The molecule has 2 aromatic rings. The van der Waals surface area contributed by atoms with Crippen molar-refractivity contribution in [2.45, 2.75) is 12.8 Å². The average molecular weight is 413 g/mol. The molecule has 0 N–H and O–H groups in total. The Kier molecular flexibility index (Phi) is 5.20. The zero-order valence-electron chi connectivity index (χ0n) is 16.3. The second kappa shape index (κ2) is 7.79. The lowest BCUT2D eigenvalue weighted by Gasteiger charge is -2.21. The third-order valence-electron chi connectivity index (χ3n) is 5.24. The summed E-state index contributed by atoms with van der Waals surface area (Å²) in [6.07, 6.45) is 1.97. The van der Waals surface area contributed by atoms with Crippen LogP contribution in [0.1, 0.15) is 18.4 Å². The highest BCUT2D eigenvalue weighted by molar-refractivity contribution is 6.46. The number of hydrogen-bond donors (Lipinski definition) is 0. The van der Waals surface area contributed by atoms with E-state index in [1.54, 1.807) is 49.6 Å². The molecule has 2 amide bonds. The predicted molar refractivity (Wildman–Crippen MR) is 111 cm³/mol. The second-order valence-electron chi connectivity index (χ2n) is 6.91. The number of anilines is 1. The van der Waals surface area contributed by atoms with Crippen molar-refractivity contribution in [3.8, 4) is 11.5 Å². The first-order chi connectivity index (χ1) is 14.0. The molecule has 29 heavy (non-hydrogen) atoms. The van der Waals surface area contributed by atoms with Crippen molar-refractivity contribution in [1.29, 1.82) is 0 Å². The lowest BCUT2D eigenvalue weighted by atomic mass is 10.0. The molecule has 150 valence electrons. The third-order valence-corrected chi connectivity index (χ3v) is 5.48. The summed E-state index contributed by atoms with van der Waals surface area (Å²) >= 11 is 6.16. The average Bonchev–Trinajstić information content (AvgIpc) is 3.34. The Morgan fingerprint density at radius 2 is 1.59 bits per heavy atom. The first-order valence-corrected chi connectivity index (χ1v) is 9.79. The van der Waals surface area contributed by atoms with Crippen molar-refractivity contribution < 1.29 is 19.1 Å². The number of carbonyl (C=O) groups excluding carboxylic acids is 2. The van der Waals surface area contributed by atoms with Gasteiger partial charge in [0, 0.05) is 18.1 Å². The molecule has 2 heterocycles. The number of imide groups is 1. The molecule has 0 atom stereocenters. The molecule has 6 nitrogen and oxygen atoms in total. The summed E-state index contributed by atoms with van der Waals surface area (Å²) in [5.74, 6) is 0.348. The summed E-state index contributed by atoms with van der Waals surface area (Å²) in [5, 5.41) is 0.419. The van der Waals surface area contributed by atoms with Gasteiger partial charge in [-0.05, 0) is 48.7 Å². The Hall–Kier alpha value is -2.99. The van der Waals surface area contributed by atoms with E-state index in [-0.39, 0.29) is 11.8 Å². The Labute approximate surface area is 174 Å². The molecule has 7 heteroatoms. The van der Waals surface area contributed by atoms with E-state index in [4.69, 9.17) is 21.1 Å². The summed E-state index contributed by atoms with van der Waals surface area (Å²) in [4.78, 5) is 30.1. The van der Waals surface area contributed by atoms with Crippen molar-refractivity contribution in [2.75, 3.05) is 32.2 Å². The largest absolute Gasteiger partial charge is 0.497 e. The van der Waals surface area contributed by atoms with Gasteiger partial charge in [0.2, 0.25) is 0 Å². The van der Waals surface area contributed by atoms with Crippen LogP contribution in [0.5, 0.6) is 11.5 Å². The fraction of sp³-hybridized carbons (Fsp3) is 0.273. The van der Waals surface area contributed by atoms with Gasteiger partial charge in [0.15, 0.2) is 0 Å². The quantitative estimate of drug-likeness (QED) is 0.700. The van der Waals surface area contributed by atoms with Gasteiger partial charge in [-0.15, -0.1) is 0 Å². The van der Waals surface area contributed by atoms with E-state index in [0.717, 1.165) is 30.8 Å². The van der Waals surface area contributed by atoms with E-state index in [1.807, 2.05) is 4.90 Å². The van der Waals surface area contributed by atoms with Crippen LogP contribution >= 0.6 is 11.6 Å². The molecule has 2 aliphatic rings. The Morgan fingerprint density at radius 3 is 2.21 bits per heavy atom. The van der Waals surface area contributed by atoms with E-state index >= 15 is 0 Å². The monoisotopic (exact) mass is 412 g/mol. The topological polar surface area (TPSA) is 59.1 Å². The maximum absolute atomic E-state index is 13.5. The maximum atomic E-state index is 13.5. The SMILES string of the molecule is COc1ccc(C2=C(N3CCCC3)C(=O)N(c3cc(Cl)ccc3OC)C2=O)cc1. The summed E-state index contributed by atoms with van der Waals surface area (Å²) in [6.45, 7) is 1.49. The third kappa shape index (κ3) is 3.34. The zero-order chi connectivity index (χ0) is 20.5. The molecule has 1 saturated heterocycles. The fourth-order valence-corrected chi connectivity index (χ4v) is 3.99. The van der Waals surface area contributed by atoms with Crippen molar-refractivity contribution in [2.24, 2.45) is 0 Å². The van der Waals surface area contributed by atoms with E-state index in [1.165, 1.54) is 7.11 Å². The second-order valence-corrected chi connectivity index (χ2v) is 7.34. The molecular weight excluding hydrogens is 392 g/mol. The molecule has 0 radical (unpaired) electrons. The minimum absolute atomic E-state index is 0.343. The molecule has 0 spiro atoms. The molecule has 0 bridgehead atoms. The maximum Gasteiger partial charge on any atom is 0.282 e. The molecule has 0 aliphatic carbocycles. The molecule has 0 unspecified atom stereocenters. The summed E-state index contributed by atoms with van der Waals surface area (Å²) in [6, 6.07) is 12.1. The van der Waals surface area contributed by atoms with Gasteiger partial charge in [-0.1, -0.05) is 23.7 Å². The molecule has 0 saturated carbocycles. The normalized spacial score (nSPS) is 16.8. The number of nitrogens with zero attached hydrogens (tertiary/aromatic N) is 2. The van der Waals surface area contributed by atoms with E-state index in [0.29, 0.717) is 39.0 Å². The number of halogens is 1. The zero-order valence-corrected chi connectivity index (χ0v) is 17.0. The van der Waals surface area contributed by atoms with Crippen LogP contribution in [0.15, 0.2) is 48.2 Å². The van der Waals surface area contributed by atoms with Gasteiger partial charge in [0.25, 0.3) is 11.8 Å². The van der Waals surface area contributed by atoms with Gasteiger partial charge >= 0.3 is 0 Å². The van der Waals surface area contributed by atoms with Crippen molar-refractivity contribution in [3.63, 3.8) is 0 Å². The van der Waals surface area contributed by atoms with E-state index < -0.39 is 0 Å². The van der Waals surface area contributed by atoms with E-state index in [2.05, 4.69) is 0 Å². The van der Waals surface area contributed by atoms with Crippen LogP contribution in [-0.4, -0.2) is 44.0 Å². The Bertz CT molecular complexity index is 994. The van der Waals surface area contributed by atoms with Crippen molar-refractivity contribution in [3.05, 3.63) is 58.7 Å². The number of likely N-dealkylation sites (tertiary alicyclic amines) is 1. The van der Waals surface area contributed by atoms with Crippen molar-refractivity contribution in [1.82, 2.24) is 4.90 Å². The highest BCUT2D eigenvalue weighted by Gasteiger charge is 2.44. The highest BCUT2D eigenvalue weighted by atomic mass is 35.5. The molecule has 2 aromatic carbocycles. The lowest BCUT2D eigenvalue weighted by Crippen LogP contribution is -2.34. The Balaban J connectivity index is 1.85. The highest BCUT2D eigenvalue weighted by Crippen LogP contribution is 2.40. The van der Waals surface area contributed by atoms with Crippen LogP contribution in [0.2, 0.25) is 5.02 Å². The minimum atomic E-state index is -0.386. The Morgan fingerprint density at radius 1 is 0.897 bits per heavy atom. The van der Waals surface area contributed by atoms with Gasteiger partial charge < -0.3 is 14.4 Å². The van der Waals surface area contributed by atoms with Crippen molar-refractivity contribution >= 4 is 34.7 Å². The molecule has 2 aliphatic heterocycles. The minimum Gasteiger partial charge on any atom is -0.497 e. The van der Waals surface area contributed by atoms with Gasteiger partial charge in [-0.3, -0.25) is 9.59 Å². The van der Waals surface area contributed by atoms with Crippen LogP contribution in [0.4, 0.5) is 5.69 Å². The van der Waals surface area contributed by atoms with Gasteiger partial charge in [0.05, 0.1) is 25.5 Å². The van der Waals surface area contributed by atoms with Crippen LogP contribution in [0, 0.1) is 0 Å². The summed E-state index contributed by atoms with van der Waals surface area (Å²) < 4.78 is 10.6.